The maximum absolute atomic E-state index is 12.5. The molecule has 1 amide bonds. The van der Waals surface area contributed by atoms with Gasteiger partial charge in [-0.1, -0.05) is 0 Å². The molecule has 2 aliphatic heterocycles. The lowest BCUT2D eigenvalue weighted by atomic mass is 10.1. The van der Waals surface area contributed by atoms with E-state index < -0.39 is 18.0 Å². The zero-order chi connectivity index (χ0) is 21.0. The Hall–Kier alpha value is -3.47. The second-order valence-corrected chi connectivity index (χ2v) is 5.78. The highest BCUT2D eigenvalue weighted by molar-refractivity contribution is 6.04. The van der Waals surface area contributed by atoms with Crippen LogP contribution >= 0.6 is 0 Å². The fourth-order valence-electron chi connectivity index (χ4n) is 2.87. The minimum Gasteiger partial charge on any atom is -0.466 e. The molecule has 0 saturated heterocycles. The van der Waals surface area contributed by atoms with E-state index in [0.717, 1.165) is 0 Å². The van der Waals surface area contributed by atoms with Crippen molar-refractivity contribution in [2.24, 2.45) is 0 Å². The van der Waals surface area contributed by atoms with E-state index in [0.29, 0.717) is 17.2 Å². The van der Waals surface area contributed by atoms with E-state index in [1.54, 1.807) is 13.0 Å². The molecule has 11 nitrogen and oxygen atoms in total. The van der Waals surface area contributed by atoms with Crippen LogP contribution in [0.25, 0.3) is 0 Å². The molecule has 2 heterocycles. The van der Waals surface area contributed by atoms with Crippen LogP contribution in [0.2, 0.25) is 0 Å². The number of benzene rings is 1. The first kappa shape index (κ1) is 20.3. The highest BCUT2D eigenvalue weighted by Gasteiger charge is 2.34. The summed E-state index contributed by atoms with van der Waals surface area (Å²) < 4.78 is 30.8. The molecule has 0 radical (unpaired) electrons. The number of carbonyl (C=O) groups excluding carboxylic acids is 3. The molecule has 0 fully saturated rings. The second kappa shape index (κ2) is 8.69. The van der Waals surface area contributed by atoms with Crippen molar-refractivity contribution in [1.29, 1.82) is 0 Å². The van der Waals surface area contributed by atoms with Gasteiger partial charge in [0.1, 0.15) is 12.4 Å². The normalized spacial score (nSPS) is 15.1. The number of esters is 2. The molecule has 0 bridgehead atoms. The Balaban J connectivity index is 2.12. The monoisotopic (exact) mass is 408 g/mol. The summed E-state index contributed by atoms with van der Waals surface area (Å²) >= 11 is 0. The van der Waals surface area contributed by atoms with Crippen LogP contribution in [-0.4, -0.2) is 59.0 Å². The molecule has 0 saturated carbocycles. The van der Waals surface area contributed by atoms with Crippen molar-refractivity contribution in [2.45, 2.75) is 6.92 Å². The van der Waals surface area contributed by atoms with E-state index in [4.69, 9.17) is 28.4 Å². The van der Waals surface area contributed by atoms with Crippen molar-refractivity contribution in [2.75, 3.05) is 51.2 Å². The Morgan fingerprint density at radius 3 is 2.45 bits per heavy atom. The van der Waals surface area contributed by atoms with Crippen LogP contribution in [0.1, 0.15) is 6.92 Å². The molecular weight excluding hydrogens is 388 g/mol. The number of nitrogens with zero attached hydrogens (tertiary/aromatic N) is 1. The number of anilines is 2. The maximum Gasteiger partial charge on any atom is 0.411 e. The molecule has 156 valence electrons. The van der Waals surface area contributed by atoms with Gasteiger partial charge in [-0.3, -0.25) is 5.32 Å². The first-order chi connectivity index (χ1) is 14.0. The quantitative estimate of drug-likeness (QED) is 0.565. The molecule has 11 heteroatoms. The fraction of sp³-hybridized carbons (Fsp3) is 0.389. The number of nitrogens with one attached hydrogen (secondary N) is 1. The summed E-state index contributed by atoms with van der Waals surface area (Å²) in [6, 6.07) is 3.08. The Morgan fingerprint density at radius 1 is 1.10 bits per heavy atom. The standard InChI is InChI=1S/C18H20N2O9/c1-4-27-18(23)19-11-5-13-14(29-9-28-13)6-12(11)20-8-26-7-10(16(21)24-2)15(20)17(22)25-3/h5-6H,4,7-9H2,1-3H3,(H,19,23). The summed E-state index contributed by atoms with van der Waals surface area (Å²) in [7, 11) is 2.38. The highest BCUT2D eigenvalue weighted by Crippen LogP contribution is 2.43. The number of hydrogen-bond acceptors (Lipinski definition) is 10. The predicted octanol–water partition coefficient (Wildman–Crippen LogP) is 1.38. The van der Waals surface area contributed by atoms with Gasteiger partial charge in [0.25, 0.3) is 0 Å². The Bertz CT molecular complexity index is 865. The SMILES string of the molecule is CCOC(=O)Nc1cc2c(cc1N1COCC(C(=O)OC)=C1C(=O)OC)OCO2. The van der Waals surface area contributed by atoms with Crippen LogP contribution in [-0.2, 0) is 28.5 Å². The molecule has 0 spiro atoms. The zero-order valence-corrected chi connectivity index (χ0v) is 16.1. The number of ether oxygens (including phenoxy) is 6. The summed E-state index contributed by atoms with van der Waals surface area (Å²) in [5.74, 6) is -0.719. The zero-order valence-electron chi connectivity index (χ0n) is 16.1. The molecule has 1 N–H and O–H groups in total. The van der Waals surface area contributed by atoms with E-state index >= 15 is 0 Å². The van der Waals surface area contributed by atoms with E-state index in [1.807, 2.05) is 0 Å². The van der Waals surface area contributed by atoms with Gasteiger partial charge in [0.2, 0.25) is 6.79 Å². The lowest BCUT2D eigenvalue weighted by Crippen LogP contribution is -2.39. The van der Waals surface area contributed by atoms with Crippen molar-refractivity contribution in [3.63, 3.8) is 0 Å². The van der Waals surface area contributed by atoms with E-state index in [9.17, 15) is 14.4 Å². The van der Waals surface area contributed by atoms with Crippen LogP contribution in [0.3, 0.4) is 0 Å². The van der Waals surface area contributed by atoms with E-state index in [2.05, 4.69) is 5.32 Å². The molecule has 29 heavy (non-hydrogen) atoms. The number of methoxy groups -OCH3 is 2. The van der Waals surface area contributed by atoms with Gasteiger partial charge in [0.15, 0.2) is 11.5 Å². The Morgan fingerprint density at radius 2 is 1.79 bits per heavy atom. The van der Waals surface area contributed by atoms with Crippen molar-refractivity contribution < 1.29 is 42.8 Å². The number of amides is 1. The molecule has 3 rings (SSSR count). The third-order valence-corrected chi connectivity index (χ3v) is 4.13. The van der Waals surface area contributed by atoms with Gasteiger partial charge in [-0.2, -0.15) is 0 Å². The number of carbonyl (C=O) groups is 3. The van der Waals surface area contributed by atoms with E-state index in [-0.39, 0.29) is 43.7 Å². The minimum absolute atomic E-state index is 0.00123. The van der Waals surface area contributed by atoms with Gasteiger partial charge < -0.3 is 33.3 Å². The van der Waals surface area contributed by atoms with Crippen LogP contribution in [0.5, 0.6) is 11.5 Å². The first-order valence-corrected chi connectivity index (χ1v) is 8.62. The largest absolute Gasteiger partial charge is 0.466 e. The molecule has 1 aromatic carbocycles. The maximum atomic E-state index is 12.5. The fourth-order valence-corrected chi connectivity index (χ4v) is 2.87. The van der Waals surface area contributed by atoms with Gasteiger partial charge in [-0.15, -0.1) is 0 Å². The first-order valence-electron chi connectivity index (χ1n) is 8.62. The Kier molecular flexibility index (Phi) is 6.07. The lowest BCUT2D eigenvalue weighted by molar-refractivity contribution is -0.140. The summed E-state index contributed by atoms with van der Waals surface area (Å²) in [6.45, 7) is 1.60. The molecule has 0 aliphatic carbocycles. The van der Waals surface area contributed by atoms with Gasteiger partial charge >= 0.3 is 18.0 Å². The van der Waals surface area contributed by atoms with Crippen LogP contribution in [0.15, 0.2) is 23.4 Å². The number of rotatable bonds is 5. The Labute approximate surface area is 166 Å². The average Bonchev–Trinajstić information content (AvgIpc) is 3.19. The summed E-state index contributed by atoms with van der Waals surface area (Å²) in [4.78, 5) is 38.1. The van der Waals surface area contributed by atoms with Crippen LogP contribution in [0.4, 0.5) is 16.2 Å². The molecule has 0 atom stereocenters. The lowest BCUT2D eigenvalue weighted by Gasteiger charge is -2.32. The van der Waals surface area contributed by atoms with Gasteiger partial charge in [0.05, 0.1) is 44.4 Å². The van der Waals surface area contributed by atoms with Crippen LogP contribution < -0.4 is 19.7 Å². The third-order valence-electron chi connectivity index (χ3n) is 4.13. The van der Waals surface area contributed by atoms with Crippen molar-refractivity contribution in [1.82, 2.24) is 0 Å². The van der Waals surface area contributed by atoms with Gasteiger partial charge in [-0.25, -0.2) is 14.4 Å². The summed E-state index contributed by atoms with van der Waals surface area (Å²) in [6.07, 6.45) is -0.706. The number of hydrogen-bond donors (Lipinski definition) is 1. The number of fused-ring (bicyclic) bond motifs is 1. The second-order valence-electron chi connectivity index (χ2n) is 5.78. The van der Waals surface area contributed by atoms with Crippen LogP contribution in [0, 0.1) is 0 Å². The predicted molar refractivity (Wildman–Crippen MR) is 97.6 cm³/mol. The minimum atomic E-state index is -0.770. The molecule has 0 aromatic heterocycles. The van der Waals surface area contributed by atoms with Crippen molar-refractivity contribution in [3.05, 3.63) is 23.4 Å². The highest BCUT2D eigenvalue weighted by atomic mass is 16.7. The third kappa shape index (κ3) is 4.04. The summed E-state index contributed by atoms with van der Waals surface area (Å²) in [5, 5.41) is 2.59. The van der Waals surface area contributed by atoms with Crippen molar-refractivity contribution in [3.8, 4) is 11.5 Å². The van der Waals surface area contributed by atoms with Gasteiger partial charge in [0, 0.05) is 12.1 Å². The molecule has 1 aromatic rings. The van der Waals surface area contributed by atoms with E-state index in [1.165, 1.54) is 25.2 Å². The molecular formula is C18H20N2O9. The van der Waals surface area contributed by atoms with Gasteiger partial charge in [-0.05, 0) is 6.92 Å². The smallest absolute Gasteiger partial charge is 0.411 e. The topological polar surface area (TPSA) is 122 Å². The average molecular weight is 408 g/mol. The molecule has 0 unspecified atom stereocenters. The molecule has 2 aliphatic rings. The summed E-state index contributed by atoms with van der Waals surface area (Å²) in [5.41, 5.74) is 0.467. The van der Waals surface area contributed by atoms with Crippen molar-refractivity contribution >= 4 is 29.4 Å².